The van der Waals surface area contributed by atoms with Gasteiger partial charge in [-0.2, -0.15) is 0 Å². The summed E-state index contributed by atoms with van der Waals surface area (Å²) in [5.74, 6) is 1.79. The molecule has 0 aromatic heterocycles. The van der Waals surface area contributed by atoms with E-state index in [0.717, 1.165) is 18.4 Å². The topological polar surface area (TPSA) is 36.4 Å². The van der Waals surface area contributed by atoms with Crippen molar-refractivity contribution in [1.82, 2.24) is 10.6 Å². The van der Waals surface area contributed by atoms with E-state index in [4.69, 9.17) is 0 Å². The normalized spacial score (nSPS) is 17.6. The van der Waals surface area contributed by atoms with Crippen molar-refractivity contribution in [3.05, 3.63) is 0 Å². The van der Waals surface area contributed by atoms with Crippen molar-refractivity contribution in [3.63, 3.8) is 0 Å². The van der Waals surface area contributed by atoms with Crippen molar-refractivity contribution < 1.29 is 0 Å². The van der Waals surface area contributed by atoms with Crippen LogP contribution in [-0.2, 0) is 0 Å². The Kier molecular flexibility index (Phi) is 9.00. The maximum atomic E-state index is 4.47. The maximum absolute atomic E-state index is 4.47. The van der Waals surface area contributed by atoms with Crippen LogP contribution in [-0.4, -0.2) is 24.6 Å². The predicted molar refractivity (Wildman–Crippen MR) is 86.2 cm³/mol. The van der Waals surface area contributed by atoms with Gasteiger partial charge in [-0.25, -0.2) is 0 Å². The first-order chi connectivity index (χ1) is 7.61. The molecule has 1 atom stereocenters. The first-order valence-electron chi connectivity index (χ1n) is 6.69. The Labute approximate surface area is 123 Å². The minimum Gasteiger partial charge on any atom is -0.354 e. The third kappa shape index (κ3) is 8.69. The summed E-state index contributed by atoms with van der Waals surface area (Å²) >= 11 is 0. The molecule has 3 nitrogen and oxygen atoms in total. The fourth-order valence-corrected chi connectivity index (χ4v) is 1.60. The van der Waals surface area contributed by atoms with Gasteiger partial charge < -0.3 is 10.6 Å². The van der Waals surface area contributed by atoms with E-state index in [1.165, 1.54) is 25.7 Å². The molecule has 0 amide bonds. The summed E-state index contributed by atoms with van der Waals surface area (Å²) in [5.41, 5.74) is 0. The third-order valence-electron chi connectivity index (χ3n) is 2.79. The van der Waals surface area contributed by atoms with Crippen LogP contribution in [0.3, 0.4) is 0 Å². The quantitative estimate of drug-likeness (QED) is 0.437. The highest BCUT2D eigenvalue weighted by Gasteiger charge is 2.22. The second-order valence-corrected chi connectivity index (χ2v) is 5.26. The molecule has 1 aliphatic rings. The molecule has 2 N–H and O–H groups in total. The molecule has 0 aromatic carbocycles. The number of hydrogen-bond acceptors (Lipinski definition) is 1. The summed E-state index contributed by atoms with van der Waals surface area (Å²) in [6, 6.07) is 1.19. The number of halogens is 1. The second-order valence-electron chi connectivity index (χ2n) is 5.26. The average molecular weight is 353 g/mol. The summed E-state index contributed by atoms with van der Waals surface area (Å²) in [5, 5.41) is 6.93. The minimum absolute atomic E-state index is 0. The minimum atomic E-state index is 0. The standard InChI is InChI=1S/C13H27N3.HI/c1-5-14-13(16-12-8-9-12)15-11(4)7-6-10(2)3;/h10-12H,5-9H2,1-4H3,(H2,14,15,16);1H. The zero-order chi connectivity index (χ0) is 12.0. The summed E-state index contributed by atoms with van der Waals surface area (Å²) < 4.78 is 0. The van der Waals surface area contributed by atoms with E-state index in [2.05, 4.69) is 43.3 Å². The summed E-state index contributed by atoms with van der Waals surface area (Å²) in [6.45, 7) is 9.71. The van der Waals surface area contributed by atoms with Crippen molar-refractivity contribution >= 4 is 29.9 Å². The van der Waals surface area contributed by atoms with Gasteiger partial charge >= 0.3 is 0 Å². The first-order valence-corrected chi connectivity index (χ1v) is 6.69. The highest BCUT2D eigenvalue weighted by Crippen LogP contribution is 2.18. The van der Waals surface area contributed by atoms with Gasteiger partial charge in [0.25, 0.3) is 0 Å². The number of aliphatic imine (C=N–C) groups is 1. The summed E-state index contributed by atoms with van der Waals surface area (Å²) in [4.78, 5) is 4.47. The smallest absolute Gasteiger partial charge is 0.191 e. The Morgan fingerprint density at radius 1 is 1.24 bits per heavy atom. The van der Waals surface area contributed by atoms with Gasteiger partial charge in [0.2, 0.25) is 0 Å². The Balaban J connectivity index is 0.00000256. The van der Waals surface area contributed by atoms with Crippen LogP contribution in [0.1, 0.15) is 53.4 Å². The summed E-state index contributed by atoms with van der Waals surface area (Å²) in [6.07, 6.45) is 5.08. The van der Waals surface area contributed by atoms with Crippen LogP contribution in [0.4, 0.5) is 0 Å². The van der Waals surface area contributed by atoms with Gasteiger partial charge in [0.15, 0.2) is 5.96 Å². The molecule has 0 aromatic rings. The zero-order valence-electron chi connectivity index (χ0n) is 11.6. The molecule has 1 fully saturated rings. The van der Waals surface area contributed by atoms with Crippen molar-refractivity contribution in [1.29, 1.82) is 0 Å². The molecule has 0 saturated heterocycles. The number of nitrogens with one attached hydrogen (secondary N) is 2. The molecule has 0 aliphatic heterocycles. The molecule has 1 aliphatic carbocycles. The molecule has 0 spiro atoms. The Bertz CT molecular complexity index is 225. The van der Waals surface area contributed by atoms with Crippen molar-refractivity contribution in [3.8, 4) is 0 Å². The lowest BCUT2D eigenvalue weighted by molar-refractivity contribution is 0.488. The number of nitrogens with zero attached hydrogens (tertiary/aromatic N) is 1. The van der Waals surface area contributed by atoms with Crippen LogP contribution in [0.5, 0.6) is 0 Å². The average Bonchev–Trinajstić information content (AvgIpc) is 2.99. The predicted octanol–water partition coefficient (Wildman–Crippen LogP) is 3.15. The SMILES string of the molecule is CCN=C(NC(C)CCC(C)C)NC1CC1.I. The van der Waals surface area contributed by atoms with Gasteiger partial charge in [0.05, 0.1) is 0 Å². The Morgan fingerprint density at radius 2 is 1.88 bits per heavy atom. The largest absolute Gasteiger partial charge is 0.354 e. The molecule has 1 unspecified atom stereocenters. The molecule has 1 saturated carbocycles. The molecule has 0 radical (unpaired) electrons. The lowest BCUT2D eigenvalue weighted by atomic mass is 10.0. The van der Waals surface area contributed by atoms with E-state index in [9.17, 15) is 0 Å². The molecule has 0 heterocycles. The van der Waals surface area contributed by atoms with Crippen LogP contribution >= 0.6 is 24.0 Å². The van der Waals surface area contributed by atoms with Crippen LogP contribution in [0.15, 0.2) is 4.99 Å². The highest BCUT2D eigenvalue weighted by molar-refractivity contribution is 14.0. The molecule has 1 rings (SSSR count). The van der Waals surface area contributed by atoms with Gasteiger partial charge in [-0.1, -0.05) is 13.8 Å². The molecule has 4 heteroatoms. The van der Waals surface area contributed by atoms with Gasteiger partial charge in [-0.05, 0) is 45.4 Å². The number of hydrogen-bond donors (Lipinski definition) is 2. The highest BCUT2D eigenvalue weighted by atomic mass is 127. The van der Waals surface area contributed by atoms with Gasteiger partial charge in [0, 0.05) is 18.6 Å². The maximum Gasteiger partial charge on any atom is 0.191 e. The van der Waals surface area contributed by atoms with Crippen LogP contribution < -0.4 is 10.6 Å². The zero-order valence-corrected chi connectivity index (χ0v) is 14.0. The first kappa shape index (κ1) is 17.0. The molecular weight excluding hydrogens is 325 g/mol. The van der Waals surface area contributed by atoms with E-state index in [0.29, 0.717) is 12.1 Å². The lowest BCUT2D eigenvalue weighted by Gasteiger charge is -2.18. The molecule has 102 valence electrons. The van der Waals surface area contributed by atoms with E-state index in [1.54, 1.807) is 0 Å². The molecule has 17 heavy (non-hydrogen) atoms. The van der Waals surface area contributed by atoms with E-state index in [1.807, 2.05) is 0 Å². The van der Waals surface area contributed by atoms with E-state index in [-0.39, 0.29) is 24.0 Å². The van der Waals surface area contributed by atoms with Gasteiger partial charge in [-0.15, -0.1) is 24.0 Å². The summed E-state index contributed by atoms with van der Waals surface area (Å²) in [7, 11) is 0. The monoisotopic (exact) mass is 353 g/mol. The van der Waals surface area contributed by atoms with E-state index < -0.39 is 0 Å². The second kappa shape index (κ2) is 9.00. The van der Waals surface area contributed by atoms with Crippen molar-refractivity contribution in [2.24, 2.45) is 10.9 Å². The number of guanidine groups is 1. The van der Waals surface area contributed by atoms with Crippen LogP contribution in [0, 0.1) is 5.92 Å². The van der Waals surface area contributed by atoms with Gasteiger partial charge in [0.1, 0.15) is 0 Å². The lowest BCUT2D eigenvalue weighted by Crippen LogP contribution is -2.43. The fourth-order valence-electron chi connectivity index (χ4n) is 1.60. The molecular formula is C13H28IN3. The van der Waals surface area contributed by atoms with Crippen LogP contribution in [0.25, 0.3) is 0 Å². The van der Waals surface area contributed by atoms with Crippen molar-refractivity contribution in [2.75, 3.05) is 6.54 Å². The van der Waals surface area contributed by atoms with Crippen LogP contribution in [0.2, 0.25) is 0 Å². The van der Waals surface area contributed by atoms with Crippen molar-refractivity contribution in [2.45, 2.75) is 65.5 Å². The van der Waals surface area contributed by atoms with E-state index >= 15 is 0 Å². The Morgan fingerprint density at radius 3 is 2.35 bits per heavy atom. The Hall–Kier alpha value is 0. The number of rotatable bonds is 6. The third-order valence-corrected chi connectivity index (χ3v) is 2.79. The fraction of sp³-hybridized carbons (Fsp3) is 0.923. The molecule has 0 bridgehead atoms. The van der Waals surface area contributed by atoms with Gasteiger partial charge in [-0.3, -0.25) is 4.99 Å².